The Hall–Kier alpha value is -5.33. The number of fused-ring (bicyclic) bond motifs is 3. The molecule has 3 fully saturated rings. The molecule has 250 valence electrons. The van der Waals surface area contributed by atoms with Crippen molar-refractivity contribution in [3.8, 4) is 41.3 Å². The van der Waals surface area contributed by atoms with Crippen LogP contribution in [0.3, 0.4) is 0 Å². The first-order chi connectivity index (χ1) is 23.6. The number of phenolic OH excluding ortho intramolecular Hbond substituents is 1. The van der Waals surface area contributed by atoms with Gasteiger partial charge in [-0.2, -0.15) is 15.2 Å². The van der Waals surface area contributed by atoms with Crippen molar-refractivity contribution < 1.29 is 27.8 Å². The predicted molar refractivity (Wildman–Crippen MR) is 179 cm³/mol. The topological polar surface area (TPSA) is 106 Å². The lowest BCUT2D eigenvalue weighted by molar-refractivity contribution is -0.131. The summed E-state index contributed by atoms with van der Waals surface area (Å²) in [7, 11) is 0. The van der Waals surface area contributed by atoms with Crippen LogP contribution in [0.15, 0.2) is 54.9 Å². The monoisotopic (exact) mass is 666 g/mol. The Bertz CT molecular complexity index is 2090. The molecule has 3 aliphatic heterocycles. The van der Waals surface area contributed by atoms with Crippen molar-refractivity contribution in [2.24, 2.45) is 0 Å². The van der Waals surface area contributed by atoms with Crippen LogP contribution in [0.4, 0.5) is 19.0 Å². The third-order valence-corrected chi connectivity index (χ3v) is 10.0. The van der Waals surface area contributed by atoms with E-state index in [9.17, 15) is 23.9 Å². The van der Waals surface area contributed by atoms with Gasteiger partial charge in [0.25, 0.3) is 5.91 Å². The number of benzene rings is 3. The molecular weight excluding hydrogens is 633 g/mol. The number of nitrogens with zero attached hydrogens (tertiary/aromatic N) is 6. The molecule has 3 saturated heterocycles. The molecule has 0 saturated carbocycles. The maximum atomic E-state index is 16.9. The fourth-order valence-corrected chi connectivity index (χ4v) is 7.78. The van der Waals surface area contributed by atoms with Crippen molar-refractivity contribution in [1.29, 1.82) is 5.26 Å². The molecule has 1 amide bonds. The fourth-order valence-electron chi connectivity index (χ4n) is 7.78. The molecule has 4 aromatic rings. The molecule has 4 heterocycles. The molecule has 49 heavy (non-hydrogen) atoms. The number of rotatable bonds is 7. The van der Waals surface area contributed by atoms with E-state index < -0.39 is 35.3 Å². The highest BCUT2D eigenvalue weighted by Crippen LogP contribution is 2.42. The van der Waals surface area contributed by atoms with Gasteiger partial charge in [0.15, 0.2) is 11.6 Å². The molecule has 12 heteroatoms. The molecule has 3 aliphatic rings. The highest BCUT2D eigenvalue weighted by atomic mass is 19.1. The van der Waals surface area contributed by atoms with Gasteiger partial charge < -0.3 is 19.6 Å². The first kappa shape index (κ1) is 32.2. The molecule has 1 N–H and O–H groups in total. The number of amides is 1. The number of alkyl halides is 1. The molecule has 7 rings (SSSR count). The summed E-state index contributed by atoms with van der Waals surface area (Å²) in [5.41, 5.74) is 0.467. The van der Waals surface area contributed by atoms with Crippen molar-refractivity contribution in [3.63, 3.8) is 0 Å². The number of hydrogen-bond donors (Lipinski definition) is 1. The van der Waals surface area contributed by atoms with E-state index >= 15 is 4.39 Å². The van der Waals surface area contributed by atoms with Gasteiger partial charge >= 0.3 is 6.01 Å². The molecule has 0 spiro atoms. The van der Waals surface area contributed by atoms with Crippen LogP contribution in [-0.2, 0) is 4.79 Å². The van der Waals surface area contributed by atoms with Gasteiger partial charge in [-0.25, -0.2) is 13.2 Å². The van der Waals surface area contributed by atoms with Crippen LogP contribution in [0, 0.1) is 29.5 Å². The zero-order valence-corrected chi connectivity index (χ0v) is 26.6. The van der Waals surface area contributed by atoms with Gasteiger partial charge in [-0.3, -0.25) is 9.69 Å². The van der Waals surface area contributed by atoms with Crippen LogP contribution in [0.5, 0.6) is 11.8 Å². The Morgan fingerprint density at radius 1 is 1.16 bits per heavy atom. The van der Waals surface area contributed by atoms with Gasteiger partial charge in [0.2, 0.25) is 0 Å². The van der Waals surface area contributed by atoms with E-state index in [-0.39, 0.29) is 55.5 Å². The minimum Gasteiger partial charge on any atom is -0.508 e. The molecular formula is C37H33F3N6O3. The first-order valence-corrected chi connectivity index (χ1v) is 16.1. The van der Waals surface area contributed by atoms with Gasteiger partial charge in [0, 0.05) is 54.5 Å². The van der Waals surface area contributed by atoms with E-state index in [4.69, 9.17) is 16.1 Å². The van der Waals surface area contributed by atoms with Gasteiger partial charge in [-0.05, 0) is 54.6 Å². The van der Waals surface area contributed by atoms with E-state index in [0.717, 1.165) is 19.4 Å². The zero-order valence-electron chi connectivity index (χ0n) is 26.6. The summed E-state index contributed by atoms with van der Waals surface area (Å²) in [6, 6.07) is 12.8. The lowest BCUT2D eigenvalue weighted by atomic mass is 9.93. The summed E-state index contributed by atoms with van der Waals surface area (Å²) in [4.78, 5) is 27.0. The fraction of sp³-hybridized carbons (Fsp3) is 0.351. The summed E-state index contributed by atoms with van der Waals surface area (Å²) in [5, 5.41) is 21.7. The van der Waals surface area contributed by atoms with E-state index in [0.29, 0.717) is 46.1 Å². The Morgan fingerprint density at radius 3 is 2.78 bits per heavy atom. The highest BCUT2D eigenvalue weighted by molar-refractivity contribution is 6.04. The average molecular weight is 667 g/mol. The lowest BCUT2D eigenvalue weighted by Crippen LogP contribution is -2.55. The summed E-state index contributed by atoms with van der Waals surface area (Å²) < 4.78 is 51.5. The Morgan fingerprint density at radius 2 is 2.00 bits per heavy atom. The number of aromatic hydroxyl groups is 1. The van der Waals surface area contributed by atoms with Gasteiger partial charge in [-0.15, -0.1) is 6.42 Å². The second-order valence-corrected chi connectivity index (χ2v) is 12.9. The van der Waals surface area contributed by atoms with Crippen LogP contribution in [-0.4, -0.2) is 87.9 Å². The van der Waals surface area contributed by atoms with Crippen molar-refractivity contribution in [2.75, 3.05) is 44.2 Å². The summed E-state index contributed by atoms with van der Waals surface area (Å²) >= 11 is 0. The molecule has 9 nitrogen and oxygen atoms in total. The number of hydrogen-bond acceptors (Lipinski definition) is 8. The van der Waals surface area contributed by atoms with Crippen LogP contribution in [0.1, 0.15) is 31.2 Å². The third kappa shape index (κ3) is 5.66. The van der Waals surface area contributed by atoms with Crippen molar-refractivity contribution in [2.45, 2.75) is 43.4 Å². The maximum Gasteiger partial charge on any atom is 0.319 e. The number of halogens is 3. The number of piperazine rings is 1. The molecule has 0 aliphatic carbocycles. The number of phenols is 1. The largest absolute Gasteiger partial charge is 0.508 e. The second kappa shape index (κ2) is 12.6. The zero-order chi connectivity index (χ0) is 34.4. The number of carbonyl (C=O) groups is 1. The summed E-state index contributed by atoms with van der Waals surface area (Å²) in [6.45, 7) is 4.69. The summed E-state index contributed by atoms with van der Waals surface area (Å²) in [6.07, 6.45) is 6.74. The van der Waals surface area contributed by atoms with Crippen LogP contribution in [0.2, 0.25) is 0 Å². The van der Waals surface area contributed by atoms with Crippen molar-refractivity contribution in [1.82, 2.24) is 19.8 Å². The molecule has 0 bridgehead atoms. The maximum absolute atomic E-state index is 16.9. The predicted octanol–water partition coefficient (Wildman–Crippen LogP) is 5.65. The number of ether oxygens (including phenoxy) is 1. The normalized spacial score (nSPS) is 22.2. The Kier molecular flexibility index (Phi) is 8.29. The van der Waals surface area contributed by atoms with E-state index in [1.165, 1.54) is 11.0 Å². The number of terminal acetylenes is 1. The van der Waals surface area contributed by atoms with Gasteiger partial charge in [0.05, 0.1) is 24.1 Å². The molecule has 1 aromatic heterocycles. The molecule has 0 unspecified atom stereocenters. The average Bonchev–Trinajstić information content (AvgIpc) is 3.62. The highest BCUT2D eigenvalue weighted by Gasteiger charge is 2.49. The lowest BCUT2D eigenvalue weighted by Gasteiger charge is -2.41. The first-order valence-electron chi connectivity index (χ1n) is 16.1. The smallest absolute Gasteiger partial charge is 0.319 e. The van der Waals surface area contributed by atoms with Gasteiger partial charge in [0.1, 0.15) is 29.9 Å². The SMILES string of the molecule is C#Cc1cccc2cc(O)cc(-c3ccc4c(N5CCN(C(=O)C(=C)F)[C@@H](CC#N)C5)nc(OC[C@@]56CCCN5C[C@H](F)C6)nc4c3F)c12. The number of anilines is 1. The quantitative estimate of drug-likeness (QED) is 0.200. The van der Waals surface area contributed by atoms with Crippen molar-refractivity contribution in [3.05, 3.63) is 66.3 Å². The standard InChI is InChI=1S/C37H33F3N6O3/c1-3-23-6-4-7-24-16-27(47)17-30(31(23)24)28-8-9-29-33(32(28)40)42-36(49-21-37-11-5-13-45(37)19-25(39)18-37)43-34(29)44-14-15-46(35(48)22(2)38)26(20-44)10-12-41/h1,4,6-9,16-17,25-26,47H,2,5,10-11,13-15,18-21H2/t25-,26+,37+/m1/s1. The Labute approximate surface area is 281 Å². The number of carbonyl (C=O) groups excluding carboxylic acids is 1. The third-order valence-electron chi connectivity index (χ3n) is 10.0. The minimum absolute atomic E-state index is 0.0600. The van der Waals surface area contributed by atoms with E-state index in [1.807, 2.05) is 0 Å². The number of aromatic nitrogens is 2. The van der Waals surface area contributed by atoms with Crippen molar-refractivity contribution >= 4 is 33.4 Å². The van der Waals surface area contributed by atoms with Crippen LogP contribution < -0.4 is 9.64 Å². The molecule has 3 aromatic carbocycles. The van der Waals surface area contributed by atoms with Crippen LogP contribution >= 0.6 is 0 Å². The summed E-state index contributed by atoms with van der Waals surface area (Å²) in [5.74, 6) is 0.170. The Balaban J connectivity index is 1.35. The van der Waals surface area contributed by atoms with Crippen LogP contribution in [0.25, 0.3) is 32.8 Å². The molecule has 3 atom stereocenters. The van der Waals surface area contributed by atoms with E-state index in [2.05, 4.69) is 28.5 Å². The molecule has 0 radical (unpaired) electrons. The van der Waals surface area contributed by atoms with Gasteiger partial charge in [-0.1, -0.05) is 30.7 Å². The minimum atomic E-state index is -1.12. The second-order valence-electron chi connectivity index (χ2n) is 12.9. The number of nitriles is 1. The van der Waals surface area contributed by atoms with E-state index in [1.54, 1.807) is 41.3 Å².